The van der Waals surface area contributed by atoms with Gasteiger partial charge in [0.15, 0.2) is 12.4 Å². The molecule has 0 aliphatic heterocycles. The molecule has 56 valence electrons. The van der Waals surface area contributed by atoms with Gasteiger partial charge in [0.05, 0.1) is 0 Å². The van der Waals surface area contributed by atoms with Crippen molar-refractivity contribution in [2.45, 2.75) is 6.10 Å². The molecule has 10 heavy (non-hydrogen) atoms. The summed E-state index contributed by atoms with van der Waals surface area (Å²) in [6, 6.07) is 0. The van der Waals surface area contributed by atoms with Crippen LogP contribution in [0.1, 0.15) is 0 Å². The second-order valence-electron chi connectivity index (χ2n) is 1.25. The Kier molecular flexibility index (Phi) is 3.02. The maximum absolute atomic E-state index is 9.84. The molecule has 6 heteroatoms. The summed E-state index contributed by atoms with van der Waals surface area (Å²) in [4.78, 5) is 9.77. The van der Waals surface area contributed by atoms with E-state index in [-0.39, 0.29) is 6.29 Å². The van der Waals surface area contributed by atoms with Gasteiger partial charge in [0.25, 0.3) is 0 Å². The molecular weight excluding hydrogens is 160 g/mol. The third kappa shape index (κ3) is 4.03. The Bertz CT molecular complexity index is 245. The lowest BCUT2D eigenvalue weighted by Crippen LogP contribution is -2.16. The molecule has 0 aliphatic carbocycles. The fourth-order valence-corrected chi connectivity index (χ4v) is 0.584. The maximum Gasteiger partial charge on any atom is 0.398 e. The van der Waals surface area contributed by atoms with Gasteiger partial charge in [-0.05, 0) is 0 Å². The third-order valence-electron chi connectivity index (χ3n) is 0.513. The molecule has 0 saturated heterocycles. The standard InChI is InChI=1S/C4H4O5S/c1-2-4(3-5)9-10(6,7)8/h1,3-4H,(H,6,7,8). The van der Waals surface area contributed by atoms with Crippen LogP contribution in [-0.2, 0) is 19.4 Å². The van der Waals surface area contributed by atoms with Crippen molar-refractivity contribution in [3.8, 4) is 12.3 Å². The Balaban J connectivity index is 4.17. The number of aldehydes is 1. The first kappa shape index (κ1) is 9.10. The van der Waals surface area contributed by atoms with Gasteiger partial charge in [0.2, 0.25) is 0 Å². The highest BCUT2D eigenvalue weighted by Crippen LogP contribution is 1.91. The van der Waals surface area contributed by atoms with Crippen LogP contribution < -0.4 is 0 Å². The van der Waals surface area contributed by atoms with Crippen LogP contribution in [0.3, 0.4) is 0 Å². The highest BCUT2D eigenvalue weighted by Gasteiger charge is 2.12. The highest BCUT2D eigenvalue weighted by molar-refractivity contribution is 7.80. The minimum Gasteiger partial charge on any atom is -0.299 e. The SMILES string of the molecule is C#CC(C=O)OS(=O)(=O)O. The summed E-state index contributed by atoms with van der Waals surface area (Å²) in [5, 5.41) is 0. The molecular formula is C4H4O5S. The van der Waals surface area contributed by atoms with E-state index < -0.39 is 16.5 Å². The lowest BCUT2D eigenvalue weighted by molar-refractivity contribution is -0.111. The summed E-state index contributed by atoms with van der Waals surface area (Å²) in [7, 11) is -4.62. The zero-order valence-corrected chi connectivity index (χ0v) is 5.54. The van der Waals surface area contributed by atoms with Crippen LogP contribution >= 0.6 is 0 Å². The Morgan fingerprint density at radius 1 is 1.70 bits per heavy atom. The molecule has 0 saturated carbocycles. The van der Waals surface area contributed by atoms with E-state index >= 15 is 0 Å². The first-order chi connectivity index (χ1) is 4.49. The molecule has 0 heterocycles. The second kappa shape index (κ2) is 3.31. The molecule has 0 radical (unpaired) electrons. The van der Waals surface area contributed by atoms with Crippen LogP contribution in [0, 0.1) is 12.3 Å². The predicted octanol–water partition coefficient (Wildman–Crippen LogP) is -0.993. The molecule has 0 aromatic rings. The van der Waals surface area contributed by atoms with Crippen LogP contribution in [0.15, 0.2) is 0 Å². The van der Waals surface area contributed by atoms with Gasteiger partial charge in [-0.3, -0.25) is 9.35 Å². The summed E-state index contributed by atoms with van der Waals surface area (Å²) in [5.41, 5.74) is 0. The van der Waals surface area contributed by atoms with Crippen molar-refractivity contribution in [1.29, 1.82) is 0 Å². The molecule has 0 rings (SSSR count). The van der Waals surface area contributed by atoms with Crippen molar-refractivity contribution < 1.29 is 21.9 Å². The van der Waals surface area contributed by atoms with E-state index in [0.29, 0.717) is 0 Å². The minimum atomic E-state index is -4.62. The van der Waals surface area contributed by atoms with Crippen molar-refractivity contribution in [2.24, 2.45) is 0 Å². The Morgan fingerprint density at radius 2 is 2.20 bits per heavy atom. The van der Waals surface area contributed by atoms with Gasteiger partial charge in [-0.1, -0.05) is 5.92 Å². The van der Waals surface area contributed by atoms with Gasteiger partial charge in [0.1, 0.15) is 0 Å². The van der Waals surface area contributed by atoms with E-state index in [4.69, 9.17) is 4.55 Å². The van der Waals surface area contributed by atoms with Gasteiger partial charge in [-0.15, -0.1) is 6.42 Å². The molecule has 0 amide bonds. The predicted molar refractivity (Wildman–Crippen MR) is 31.3 cm³/mol. The van der Waals surface area contributed by atoms with Crippen LogP contribution in [0.2, 0.25) is 0 Å². The third-order valence-corrected chi connectivity index (χ3v) is 0.964. The Morgan fingerprint density at radius 3 is 2.30 bits per heavy atom. The molecule has 5 nitrogen and oxygen atoms in total. The van der Waals surface area contributed by atoms with Crippen molar-refractivity contribution >= 4 is 16.7 Å². The zero-order chi connectivity index (χ0) is 8.20. The molecule has 0 aromatic carbocycles. The molecule has 0 fully saturated rings. The first-order valence-electron chi connectivity index (χ1n) is 2.06. The van der Waals surface area contributed by atoms with Crippen LogP contribution in [0.25, 0.3) is 0 Å². The number of carbonyl (C=O) groups excluding carboxylic acids is 1. The summed E-state index contributed by atoms with van der Waals surface area (Å²) in [6.45, 7) is 0. The minimum absolute atomic E-state index is 0.0772. The fourth-order valence-electron chi connectivity index (χ4n) is 0.221. The van der Waals surface area contributed by atoms with Crippen molar-refractivity contribution in [1.82, 2.24) is 0 Å². The number of hydrogen-bond acceptors (Lipinski definition) is 4. The summed E-state index contributed by atoms with van der Waals surface area (Å²) in [6.07, 6.45) is 3.14. The first-order valence-corrected chi connectivity index (χ1v) is 3.43. The van der Waals surface area contributed by atoms with Gasteiger partial charge in [-0.25, -0.2) is 4.18 Å². The molecule has 0 aromatic heterocycles. The maximum atomic E-state index is 9.84. The van der Waals surface area contributed by atoms with Crippen molar-refractivity contribution in [3.05, 3.63) is 0 Å². The van der Waals surface area contributed by atoms with Gasteiger partial charge in [-0.2, -0.15) is 8.42 Å². The average molecular weight is 164 g/mol. The average Bonchev–Trinajstić information content (AvgIpc) is 1.81. The largest absolute Gasteiger partial charge is 0.398 e. The zero-order valence-electron chi connectivity index (χ0n) is 4.72. The normalized spacial score (nSPS) is 13.6. The quantitative estimate of drug-likeness (QED) is 0.329. The second-order valence-corrected chi connectivity index (χ2v) is 2.30. The Labute approximate surface area is 57.9 Å². The van der Waals surface area contributed by atoms with E-state index in [1.54, 1.807) is 5.92 Å². The van der Waals surface area contributed by atoms with Gasteiger partial charge in [0, 0.05) is 0 Å². The van der Waals surface area contributed by atoms with E-state index in [1.165, 1.54) is 0 Å². The lowest BCUT2D eigenvalue weighted by Gasteiger charge is -1.98. The van der Waals surface area contributed by atoms with Crippen molar-refractivity contribution in [2.75, 3.05) is 0 Å². The molecule has 1 unspecified atom stereocenters. The number of carbonyl (C=O) groups is 1. The van der Waals surface area contributed by atoms with E-state index in [1.807, 2.05) is 0 Å². The summed E-state index contributed by atoms with van der Waals surface area (Å²) in [5.74, 6) is 1.68. The molecule has 0 aliphatic rings. The number of hydrogen-bond donors (Lipinski definition) is 1. The topological polar surface area (TPSA) is 80.7 Å². The summed E-state index contributed by atoms with van der Waals surface area (Å²) >= 11 is 0. The van der Waals surface area contributed by atoms with Gasteiger partial charge >= 0.3 is 10.4 Å². The van der Waals surface area contributed by atoms with Crippen molar-refractivity contribution in [3.63, 3.8) is 0 Å². The fraction of sp³-hybridized carbons (Fsp3) is 0.250. The lowest BCUT2D eigenvalue weighted by atomic mass is 10.4. The molecule has 1 atom stereocenters. The van der Waals surface area contributed by atoms with E-state index in [0.717, 1.165) is 0 Å². The summed E-state index contributed by atoms with van der Waals surface area (Å²) < 4.78 is 31.3. The van der Waals surface area contributed by atoms with Crippen LogP contribution in [0.5, 0.6) is 0 Å². The van der Waals surface area contributed by atoms with Crippen LogP contribution in [0.4, 0.5) is 0 Å². The monoisotopic (exact) mass is 164 g/mol. The smallest absolute Gasteiger partial charge is 0.299 e. The molecule has 0 bridgehead atoms. The molecule has 0 spiro atoms. The van der Waals surface area contributed by atoms with E-state index in [9.17, 15) is 13.2 Å². The van der Waals surface area contributed by atoms with Gasteiger partial charge < -0.3 is 0 Å². The van der Waals surface area contributed by atoms with Crippen LogP contribution in [-0.4, -0.2) is 25.4 Å². The number of rotatable bonds is 3. The number of terminal acetylenes is 1. The van der Waals surface area contributed by atoms with E-state index in [2.05, 4.69) is 10.6 Å². The Hall–Kier alpha value is -0.900. The highest BCUT2D eigenvalue weighted by atomic mass is 32.3. The molecule has 1 N–H and O–H groups in total.